The standard InChI is InChI=1S/C17H20N2O3S/c1-13-5-4-6-15(11-13)18-17(20)12-14-7-9-16(10-8-14)23(21,22)19(2)3/h4-11H,12H2,1-3H3,(H,18,20). The molecule has 23 heavy (non-hydrogen) atoms. The predicted octanol–water partition coefficient (Wildman–Crippen LogP) is 2.43. The molecule has 0 heterocycles. The van der Waals surface area contributed by atoms with Crippen molar-refractivity contribution in [3.05, 3.63) is 59.7 Å². The fraction of sp³-hybridized carbons (Fsp3) is 0.235. The Hall–Kier alpha value is -2.18. The number of hydrogen-bond acceptors (Lipinski definition) is 3. The number of anilines is 1. The molecule has 0 bridgehead atoms. The van der Waals surface area contributed by atoms with E-state index in [1.807, 2.05) is 31.2 Å². The highest BCUT2D eigenvalue weighted by Gasteiger charge is 2.16. The summed E-state index contributed by atoms with van der Waals surface area (Å²) in [5.74, 6) is -0.140. The third-order valence-corrected chi connectivity index (χ3v) is 5.20. The van der Waals surface area contributed by atoms with Crippen LogP contribution in [0.2, 0.25) is 0 Å². The molecule has 0 unspecified atom stereocenters. The highest BCUT2D eigenvalue weighted by molar-refractivity contribution is 7.89. The van der Waals surface area contributed by atoms with Gasteiger partial charge < -0.3 is 5.32 Å². The van der Waals surface area contributed by atoms with E-state index in [9.17, 15) is 13.2 Å². The Morgan fingerprint density at radius 2 is 1.74 bits per heavy atom. The van der Waals surface area contributed by atoms with Gasteiger partial charge in [0.25, 0.3) is 0 Å². The first-order chi connectivity index (χ1) is 10.8. The molecule has 6 heteroatoms. The first kappa shape index (κ1) is 17.2. The molecule has 0 fully saturated rings. The van der Waals surface area contributed by atoms with Crippen LogP contribution in [0.3, 0.4) is 0 Å². The fourth-order valence-corrected chi connectivity index (χ4v) is 3.01. The van der Waals surface area contributed by atoms with Crippen LogP contribution >= 0.6 is 0 Å². The van der Waals surface area contributed by atoms with Crippen LogP contribution in [-0.4, -0.2) is 32.7 Å². The van der Waals surface area contributed by atoms with Gasteiger partial charge in [-0.2, -0.15) is 0 Å². The molecule has 0 aliphatic rings. The lowest BCUT2D eigenvalue weighted by molar-refractivity contribution is -0.115. The van der Waals surface area contributed by atoms with E-state index in [4.69, 9.17) is 0 Å². The van der Waals surface area contributed by atoms with Crippen molar-refractivity contribution in [3.8, 4) is 0 Å². The number of amides is 1. The maximum atomic E-state index is 12.0. The molecule has 2 aromatic rings. The minimum atomic E-state index is -3.44. The molecular formula is C17H20N2O3S. The molecule has 2 aromatic carbocycles. The van der Waals surface area contributed by atoms with Gasteiger partial charge in [-0.15, -0.1) is 0 Å². The van der Waals surface area contributed by atoms with Crippen LogP contribution < -0.4 is 5.32 Å². The van der Waals surface area contributed by atoms with Gasteiger partial charge in [0.1, 0.15) is 0 Å². The van der Waals surface area contributed by atoms with E-state index in [0.29, 0.717) is 0 Å². The molecule has 1 N–H and O–H groups in total. The average molecular weight is 332 g/mol. The zero-order valence-corrected chi connectivity index (χ0v) is 14.2. The van der Waals surface area contributed by atoms with Gasteiger partial charge >= 0.3 is 0 Å². The van der Waals surface area contributed by atoms with Gasteiger partial charge in [0.05, 0.1) is 11.3 Å². The molecule has 0 aromatic heterocycles. The highest BCUT2D eigenvalue weighted by Crippen LogP contribution is 2.15. The van der Waals surface area contributed by atoms with Crippen LogP contribution in [-0.2, 0) is 21.2 Å². The third kappa shape index (κ3) is 4.40. The van der Waals surface area contributed by atoms with Gasteiger partial charge in [-0.3, -0.25) is 4.79 Å². The zero-order valence-electron chi connectivity index (χ0n) is 13.4. The Labute approximate surface area is 137 Å². The maximum Gasteiger partial charge on any atom is 0.242 e. The van der Waals surface area contributed by atoms with Crippen molar-refractivity contribution in [1.82, 2.24) is 4.31 Å². The molecule has 0 saturated carbocycles. The van der Waals surface area contributed by atoms with Crippen molar-refractivity contribution >= 4 is 21.6 Å². The number of rotatable bonds is 5. The third-order valence-electron chi connectivity index (χ3n) is 3.37. The summed E-state index contributed by atoms with van der Waals surface area (Å²) in [6.07, 6.45) is 0.191. The van der Waals surface area contributed by atoms with E-state index in [0.717, 1.165) is 21.1 Å². The molecule has 0 aliphatic heterocycles. The minimum absolute atomic E-state index is 0.140. The smallest absolute Gasteiger partial charge is 0.242 e. The lowest BCUT2D eigenvalue weighted by Crippen LogP contribution is -2.22. The van der Waals surface area contributed by atoms with E-state index in [2.05, 4.69) is 5.32 Å². The van der Waals surface area contributed by atoms with Crippen molar-refractivity contribution in [2.45, 2.75) is 18.2 Å². The second-order valence-corrected chi connectivity index (χ2v) is 7.68. The number of carbonyl (C=O) groups excluding carboxylic acids is 1. The monoisotopic (exact) mass is 332 g/mol. The molecule has 0 aliphatic carbocycles. The van der Waals surface area contributed by atoms with E-state index in [-0.39, 0.29) is 17.2 Å². The van der Waals surface area contributed by atoms with E-state index >= 15 is 0 Å². The van der Waals surface area contributed by atoms with Gasteiger partial charge in [0.2, 0.25) is 15.9 Å². The second-order valence-electron chi connectivity index (χ2n) is 5.53. The van der Waals surface area contributed by atoms with E-state index in [1.54, 1.807) is 12.1 Å². The number of carbonyl (C=O) groups is 1. The number of sulfonamides is 1. The Morgan fingerprint density at radius 1 is 1.09 bits per heavy atom. The van der Waals surface area contributed by atoms with Gasteiger partial charge in [-0.25, -0.2) is 12.7 Å². The molecule has 0 spiro atoms. The van der Waals surface area contributed by atoms with Crippen molar-refractivity contribution in [2.75, 3.05) is 19.4 Å². The van der Waals surface area contributed by atoms with Crippen LogP contribution in [0.15, 0.2) is 53.4 Å². The summed E-state index contributed by atoms with van der Waals surface area (Å²) in [5.41, 5.74) is 2.58. The fourth-order valence-electron chi connectivity index (χ4n) is 2.10. The van der Waals surface area contributed by atoms with E-state index < -0.39 is 10.0 Å². The topological polar surface area (TPSA) is 66.5 Å². The summed E-state index contributed by atoms with van der Waals surface area (Å²) in [7, 11) is -0.473. The molecule has 0 saturated heterocycles. The van der Waals surface area contributed by atoms with Crippen LogP contribution in [0.4, 0.5) is 5.69 Å². The van der Waals surface area contributed by atoms with E-state index in [1.165, 1.54) is 26.2 Å². The molecule has 1 amide bonds. The summed E-state index contributed by atoms with van der Waals surface area (Å²) >= 11 is 0. The molecule has 2 rings (SSSR count). The Balaban J connectivity index is 2.05. The van der Waals surface area contributed by atoms with Gasteiger partial charge in [0, 0.05) is 19.8 Å². The first-order valence-corrected chi connectivity index (χ1v) is 8.61. The van der Waals surface area contributed by atoms with Gasteiger partial charge in [-0.05, 0) is 42.3 Å². The number of nitrogens with zero attached hydrogens (tertiary/aromatic N) is 1. The zero-order chi connectivity index (χ0) is 17.0. The van der Waals surface area contributed by atoms with Gasteiger partial charge in [-0.1, -0.05) is 24.3 Å². The minimum Gasteiger partial charge on any atom is -0.326 e. The average Bonchev–Trinajstić information content (AvgIpc) is 2.47. The maximum absolute atomic E-state index is 12.0. The number of benzene rings is 2. The Bertz CT molecular complexity index is 797. The Morgan fingerprint density at radius 3 is 2.30 bits per heavy atom. The summed E-state index contributed by atoms with van der Waals surface area (Å²) < 4.78 is 25.1. The first-order valence-electron chi connectivity index (χ1n) is 7.17. The lowest BCUT2D eigenvalue weighted by atomic mass is 10.1. The number of nitrogens with one attached hydrogen (secondary N) is 1. The summed E-state index contributed by atoms with van der Waals surface area (Å²) in [6, 6.07) is 13.9. The van der Waals surface area contributed by atoms with Crippen LogP contribution in [0.25, 0.3) is 0 Å². The van der Waals surface area contributed by atoms with Crippen LogP contribution in [0.5, 0.6) is 0 Å². The highest BCUT2D eigenvalue weighted by atomic mass is 32.2. The van der Waals surface area contributed by atoms with Crippen LogP contribution in [0, 0.1) is 6.92 Å². The lowest BCUT2D eigenvalue weighted by Gasteiger charge is -2.11. The molecule has 0 atom stereocenters. The van der Waals surface area contributed by atoms with Crippen molar-refractivity contribution in [1.29, 1.82) is 0 Å². The van der Waals surface area contributed by atoms with Crippen molar-refractivity contribution < 1.29 is 13.2 Å². The summed E-state index contributed by atoms with van der Waals surface area (Å²) in [6.45, 7) is 1.96. The predicted molar refractivity (Wildman–Crippen MR) is 90.8 cm³/mol. The summed E-state index contributed by atoms with van der Waals surface area (Å²) in [4.78, 5) is 12.3. The molecular weight excluding hydrogens is 312 g/mol. The van der Waals surface area contributed by atoms with Crippen molar-refractivity contribution in [2.24, 2.45) is 0 Å². The van der Waals surface area contributed by atoms with Crippen molar-refractivity contribution in [3.63, 3.8) is 0 Å². The second kappa shape index (κ2) is 6.93. The van der Waals surface area contributed by atoms with Gasteiger partial charge in [0.15, 0.2) is 0 Å². The number of aryl methyl sites for hydroxylation is 1. The largest absolute Gasteiger partial charge is 0.326 e. The quantitative estimate of drug-likeness (QED) is 0.914. The number of hydrogen-bond donors (Lipinski definition) is 1. The SMILES string of the molecule is Cc1cccc(NC(=O)Cc2ccc(S(=O)(=O)N(C)C)cc2)c1. The molecule has 0 radical (unpaired) electrons. The normalized spacial score (nSPS) is 11.5. The molecule has 122 valence electrons. The summed E-state index contributed by atoms with van der Waals surface area (Å²) in [5, 5.41) is 2.83. The Kier molecular flexibility index (Phi) is 5.18. The molecule has 5 nitrogen and oxygen atoms in total. The van der Waals surface area contributed by atoms with Crippen LogP contribution in [0.1, 0.15) is 11.1 Å².